The first-order valence-corrected chi connectivity index (χ1v) is 7.16. The lowest BCUT2D eigenvalue weighted by molar-refractivity contribution is -0.119. The second-order valence-corrected chi connectivity index (χ2v) is 5.40. The molecule has 0 saturated carbocycles. The summed E-state index contributed by atoms with van der Waals surface area (Å²) in [5, 5.41) is 4.27. The van der Waals surface area contributed by atoms with Crippen LogP contribution in [-0.4, -0.2) is 23.6 Å². The third-order valence-electron chi connectivity index (χ3n) is 2.94. The van der Waals surface area contributed by atoms with Crippen molar-refractivity contribution in [2.45, 2.75) is 13.0 Å². The molecule has 21 heavy (non-hydrogen) atoms. The Labute approximate surface area is 125 Å². The number of primary amides is 1. The topological polar surface area (TPSA) is 89.3 Å². The number of hydrogen-bond donors (Lipinski definition) is 2. The Bertz CT molecular complexity index is 680. The molecule has 0 aliphatic rings. The fourth-order valence-electron chi connectivity index (χ4n) is 1.77. The molecule has 0 saturated heterocycles. The Morgan fingerprint density at radius 1 is 1.10 bits per heavy atom. The van der Waals surface area contributed by atoms with E-state index in [0.29, 0.717) is 10.4 Å². The van der Waals surface area contributed by atoms with Gasteiger partial charge in [-0.15, -0.1) is 11.3 Å². The molecule has 0 fully saturated rings. The number of nitrogens with one attached hydrogen (secondary N) is 1. The van der Waals surface area contributed by atoms with Crippen LogP contribution in [0.25, 0.3) is 0 Å². The Morgan fingerprint density at radius 3 is 2.33 bits per heavy atom. The zero-order valence-corrected chi connectivity index (χ0v) is 12.1. The average Bonchev–Trinajstić information content (AvgIpc) is 3.00. The average molecular weight is 302 g/mol. The fourth-order valence-corrected chi connectivity index (χ4v) is 2.44. The Kier molecular flexibility index (Phi) is 4.49. The molecule has 1 aromatic heterocycles. The van der Waals surface area contributed by atoms with Crippen LogP contribution in [0.1, 0.15) is 32.5 Å². The summed E-state index contributed by atoms with van der Waals surface area (Å²) in [7, 11) is 0. The molecule has 5 nitrogen and oxygen atoms in total. The minimum atomic E-state index is -0.803. The van der Waals surface area contributed by atoms with Gasteiger partial charge in [-0.25, -0.2) is 0 Å². The van der Waals surface area contributed by atoms with E-state index in [4.69, 9.17) is 5.73 Å². The molecule has 2 aromatic rings. The predicted octanol–water partition coefficient (Wildman–Crippen LogP) is 1.58. The molecule has 0 aliphatic heterocycles. The van der Waals surface area contributed by atoms with Crippen LogP contribution in [0.5, 0.6) is 0 Å². The molecule has 2 amide bonds. The summed E-state index contributed by atoms with van der Waals surface area (Å²) in [6.45, 7) is 1.49. The second-order valence-electron chi connectivity index (χ2n) is 4.45. The van der Waals surface area contributed by atoms with E-state index in [1.807, 2.05) is 0 Å². The van der Waals surface area contributed by atoms with Gasteiger partial charge in [0, 0.05) is 5.56 Å². The van der Waals surface area contributed by atoms with E-state index in [-0.39, 0.29) is 11.3 Å². The maximum Gasteiger partial charge on any atom is 0.252 e. The van der Waals surface area contributed by atoms with E-state index in [2.05, 4.69) is 5.32 Å². The molecule has 1 unspecified atom stereocenters. The lowest BCUT2D eigenvalue weighted by atomic mass is 10.0. The smallest absolute Gasteiger partial charge is 0.252 e. The highest BCUT2D eigenvalue weighted by Gasteiger charge is 2.20. The normalized spacial score (nSPS) is 11.7. The molecule has 108 valence electrons. The minimum absolute atomic E-state index is 0.220. The SMILES string of the molecule is CC(NC(=O)c1ccccc1C(=O)c1cccs1)C(N)=O. The van der Waals surface area contributed by atoms with Crippen LogP contribution in [-0.2, 0) is 4.79 Å². The van der Waals surface area contributed by atoms with Crippen molar-refractivity contribution in [3.63, 3.8) is 0 Å². The van der Waals surface area contributed by atoms with E-state index < -0.39 is 17.9 Å². The van der Waals surface area contributed by atoms with Crippen molar-refractivity contribution < 1.29 is 14.4 Å². The van der Waals surface area contributed by atoms with Crippen molar-refractivity contribution >= 4 is 28.9 Å². The van der Waals surface area contributed by atoms with Gasteiger partial charge < -0.3 is 11.1 Å². The standard InChI is InChI=1S/C15H14N2O3S/c1-9(14(16)19)17-15(20)11-6-3-2-5-10(11)13(18)12-7-4-8-21-12/h2-9H,1H3,(H2,16,19)(H,17,20). The van der Waals surface area contributed by atoms with Crippen molar-refractivity contribution in [3.8, 4) is 0 Å². The molecule has 0 bridgehead atoms. The summed E-state index contributed by atoms with van der Waals surface area (Å²) in [4.78, 5) is 36.1. The zero-order chi connectivity index (χ0) is 15.4. The van der Waals surface area contributed by atoms with E-state index >= 15 is 0 Å². The van der Waals surface area contributed by atoms with Crippen LogP contribution < -0.4 is 11.1 Å². The first kappa shape index (κ1) is 14.9. The van der Waals surface area contributed by atoms with Crippen molar-refractivity contribution in [2.24, 2.45) is 5.73 Å². The van der Waals surface area contributed by atoms with Gasteiger partial charge in [0.15, 0.2) is 0 Å². The monoisotopic (exact) mass is 302 g/mol. The molecule has 0 spiro atoms. The quantitative estimate of drug-likeness (QED) is 0.822. The van der Waals surface area contributed by atoms with Crippen LogP contribution in [0.2, 0.25) is 0 Å². The van der Waals surface area contributed by atoms with E-state index in [1.165, 1.54) is 18.3 Å². The summed E-state index contributed by atoms with van der Waals surface area (Å²) in [5.41, 5.74) is 5.64. The number of rotatable bonds is 5. The molecule has 3 N–H and O–H groups in total. The van der Waals surface area contributed by atoms with Gasteiger partial charge in [-0.2, -0.15) is 0 Å². The molecule has 1 heterocycles. The van der Waals surface area contributed by atoms with Gasteiger partial charge in [-0.1, -0.05) is 24.3 Å². The summed E-state index contributed by atoms with van der Waals surface area (Å²) >= 11 is 1.31. The van der Waals surface area contributed by atoms with E-state index in [9.17, 15) is 14.4 Å². The molecule has 0 radical (unpaired) electrons. The number of benzene rings is 1. The number of thiophene rings is 1. The zero-order valence-electron chi connectivity index (χ0n) is 11.3. The van der Waals surface area contributed by atoms with Gasteiger partial charge in [-0.05, 0) is 24.4 Å². The fraction of sp³-hybridized carbons (Fsp3) is 0.133. The highest BCUT2D eigenvalue weighted by molar-refractivity contribution is 7.12. The van der Waals surface area contributed by atoms with Gasteiger partial charge in [0.1, 0.15) is 6.04 Å². The van der Waals surface area contributed by atoms with Crippen LogP contribution in [0.4, 0.5) is 0 Å². The Morgan fingerprint density at radius 2 is 1.76 bits per heavy atom. The lowest BCUT2D eigenvalue weighted by Crippen LogP contribution is -2.42. The summed E-state index contributed by atoms with van der Waals surface area (Å²) in [6, 6.07) is 9.16. The summed E-state index contributed by atoms with van der Waals surface area (Å²) in [6.07, 6.45) is 0. The number of amides is 2. The van der Waals surface area contributed by atoms with Crippen molar-refractivity contribution in [1.82, 2.24) is 5.32 Å². The van der Waals surface area contributed by atoms with E-state index in [1.54, 1.807) is 41.8 Å². The minimum Gasteiger partial charge on any atom is -0.368 e. The van der Waals surface area contributed by atoms with E-state index in [0.717, 1.165) is 0 Å². The first-order valence-electron chi connectivity index (χ1n) is 6.28. The predicted molar refractivity (Wildman–Crippen MR) is 80.3 cm³/mol. The molecule has 0 aliphatic carbocycles. The van der Waals surface area contributed by atoms with Crippen molar-refractivity contribution in [1.29, 1.82) is 0 Å². The summed E-state index contributed by atoms with van der Waals surface area (Å²) < 4.78 is 0. The Balaban J connectivity index is 2.31. The first-order chi connectivity index (χ1) is 10.0. The van der Waals surface area contributed by atoms with Gasteiger partial charge in [-0.3, -0.25) is 14.4 Å². The van der Waals surface area contributed by atoms with Gasteiger partial charge in [0.2, 0.25) is 11.7 Å². The lowest BCUT2D eigenvalue weighted by Gasteiger charge is -2.12. The highest BCUT2D eigenvalue weighted by atomic mass is 32.1. The maximum absolute atomic E-state index is 12.4. The second kappa shape index (κ2) is 6.32. The molecule has 1 aromatic carbocycles. The number of ketones is 1. The third-order valence-corrected chi connectivity index (χ3v) is 3.80. The largest absolute Gasteiger partial charge is 0.368 e. The molecular formula is C15H14N2O3S. The molecule has 2 rings (SSSR count). The molecule has 1 atom stereocenters. The van der Waals surface area contributed by atoms with Gasteiger partial charge in [0.05, 0.1) is 10.4 Å². The number of nitrogens with two attached hydrogens (primary N) is 1. The number of carbonyl (C=O) groups is 3. The van der Waals surface area contributed by atoms with Crippen LogP contribution in [0.15, 0.2) is 41.8 Å². The van der Waals surface area contributed by atoms with Crippen LogP contribution in [0.3, 0.4) is 0 Å². The summed E-state index contributed by atoms with van der Waals surface area (Å²) in [5.74, 6) is -1.35. The van der Waals surface area contributed by atoms with Crippen molar-refractivity contribution in [2.75, 3.05) is 0 Å². The molecule has 6 heteroatoms. The Hall–Kier alpha value is -2.47. The van der Waals surface area contributed by atoms with Crippen LogP contribution in [0, 0.1) is 0 Å². The number of carbonyl (C=O) groups excluding carboxylic acids is 3. The highest BCUT2D eigenvalue weighted by Crippen LogP contribution is 2.18. The number of hydrogen-bond acceptors (Lipinski definition) is 4. The van der Waals surface area contributed by atoms with Gasteiger partial charge >= 0.3 is 0 Å². The molecular weight excluding hydrogens is 288 g/mol. The van der Waals surface area contributed by atoms with Gasteiger partial charge in [0.25, 0.3) is 5.91 Å². The van der Waals surface area contributed by atoms with Crippen molar-refractivity contribution in [3.05, 3.63) is 57.8 Å². The maximum atomic E-state index is 12.4. The third kappa shape index (κ3) is 3.35. The van der Waals surface area contributed by atoms with Crippen LogP contribution >= 0.6 is 11.3 Å².